The Labute approximate surface area is 386 Å². The summed E-state index contributed by atoms with van der Waals surface area (Å²) in [5, 5.41) is 22.9. The molecule has 16 heteroatoms. The molecule has 0 saturated heterocycles. The van der Waals surface area contributed by atoms with Crippen LogP contribution in [0, 0.1) is 141 Å². The van der Waals surface area contributed by atoms with Crippen LogP contribution in [0.5, 0.6) is 5.75 Å². The second kappa shape index (κ2) is 26.4. The Hall–Kier alpha value is -8.60. The molecule has 0 radical (unpaired) electrons. The molecule has 326 valence electrons. The van der Waals surface area contributed by atoms with Crippen molar-refractivity contribution < 1.29 is 29.7 Å². The van der Waals surface area contributed by atoms with Crippen LogP contribution < -0.4 is 16.3 Å². The summed E-state index contributed by atoms with van der Waals surface area (Å²) in [4.78, 5) is 22.6. The van der Waals surface area contributed by atoms with Gasteiger partial charge in [-0.15, -0.1) is 17.8 Å². The van der Waals surface area contributed by atoms with Crippen LogP contribution >= 0.6 is 24.2 Å². The highest BCUT2D eigenvalue weighted by Gasteiger charge is 2.27. The fourth-order valence-electron chi connectivity index (χ4n) is 5.18. The lowest BCUT2D eigenvalue weighted by Crippen LogP contribution is -2.36. The van der Waals surface area contributed by atoms with E-state index in [4.69, 9.17) is 11.2 Å². The average Bonchev–Trinajstić information content (AvgIpc) is 3.90. The number of hydrogen-bond donors (Lipinski definition) is 2. The van der Waals surface area contributed by atoms with Crippen molar-refractivity contribution in [3.63, 3.8) is 0 Å². The quantitative estimate of drug-likeness (QED) is 0.0528. The van der Waals surface area contributed by atoms with E-state index in [1.165, 1.54) is 21.3 Å². The van der Waals surface area contributed by atoms with Gasteiger partial charge in [-0.25, -0.2) is 9.78 Å². The molecule has 0 spiro atoms. The van der Waals surface area contributed by atoms with Crippen molar-refractivity contribution in [2.75, 3.05) is 20.2 Å². The Morgan fingerprint density at radius 1 is 0.935 bits per heavy atom. The van der Waals surface area contributed by atoms with Crippen LogP contribution in [-0.2, 0) is 23.8 Å². The maximum Gasteiger partial charge on any atom is 0.352 e. The van der Waals surface area contributed by atoms with E-state index in [0.717, 1.165) is 47.6 Å². The lowest BCUT2D eigenvalue weighted by atomic mass is 9.94. The minimum absolute atomic E-state index is 0. The molecule has 14 nitrogen and oxygen atoms in total. The Morgan fingerprint density at radius 3 is 1.97 bits per heavy atom. The Bertz CT molecular complexity index is 3150. The zero-order valence-electron chi connectivity index (χ0n) is 34.1. The van der Waals surface area contributed by atoms with E-state index < -0.39 is 0 Å². The Kier molecular flexibility index (Phi) is 20.4. The average molecular weight is 877 g/mol. The Morgan fingerprint density at radius 2 is 1.48 bits per heavy atom. The lowest BCUT2D eigenvalue weighted by Gasteiger charge is -2.32. The lowest BCUT2D eigenvalue weighted by molar-refractivity contribution is -0.744. The number of thiophene rings is 1. The van der Waals surface area contributed by atoms with Gasteiger partial charge in [-0.3, -0.25) is 15.3 Å². The standard InChI is InChI=1S/C23H27N5O2S.C23H4.H3N5O2S.11H2/c1-23(2,3)13-26-10-9-17-18(12-26)31-21-19(17)20-24-14-25-28(20)22(29)27(21)11-15-5-7-16(30-4)8-6-15;1-3-5-7-9-11-13-15-17-19-21-23-22-20-18-16-14-12-10-8-6-4-2;1-2-3-4-5(6)7-8;;;;;;;;;;;/h5-8,14H,9-13H2,1-4H3;1H,2H3;8H,(H2,1,3);11*1H. The van der Waals surface area contributed by atoms with Crippen molar-refractivity contribution in [2.24, 2.45) is 26.9 Å². The largest absolute Gasteiger partial charge is 0.497 e. The first-order valence-electron chi connectivity index (χ1n) is 17.8. The predicted octanol–water partition coefficient (Wildman–Crippen LogP) is 6.91. The van der Waals surface area contributed by atoms with E-state index in [0.29, 0.717) is 12.2 Å². The van der Waals surface area contributed by atoms with E-state index in [9.17, 15) is 10.0 Å². The number of aromatic nitrogens is 4. The highest BCUT2D eigenvalue weighted by atomic mass is 32.1. The van der Waals surface area contributed by atoms with Crippen LogP contribution in [0.3, 0.4) is 0 Å². The molecule has 0 atom stereocenters. The summed E-state index contributed by atoms with van der Waals surface area (Å²) in [6.45, 7) is 12.0. The summed E-state index contributed by atoms with van der Waals surface area (Å²) < 4.78 is 12.2. The van der Waals surface area contributed by atoms with Gasteiger partial charge >= 0.3 is 5.69 Å². The third-order valence-corrected chi connectivity index (χ3v) is 8.68. The smallest absolute Gasteiger partial charge is 0.352 e. The molecule has 1 aromatic carbocycles. The molecule has 62 heavy (non-hydrogen) atoms. The summed E-state index contributed by atoms with van der Waals surface area (Å²) in [6.07, 6.45) is 7.35. The number of fused-ring (bicyclic) bond motifs is 5. The maximum absolute atomic E-state index is 13.3. The molecule has 0 aliphatic carbocycles. The van der Waals surface area contributed by atoms with Gasteiger partial charge < -0.3 is 14.2 Å². The molecular weight excluding hydrogens is 821 g/mol. The molecule has 0 unspecified atom stereocenters. The predicted molar refractivity (Wildman–Crippen MR) is 264 cm³/mol. The SMILES string of the molecule is C#CC#CC#CC#CC#CC#CC#CC#CC#CC#CC#CC.COc1ccc(Cn2c(=O)n3ncnc3c3c4c(sc32)CN(CC(C)(C)C)CC4)cc1.NN=NN=[N+]([O-])OS.[HH].[HH].[HH].[HH].[HH].[HH].[HH].[HH].[HH].[HH].[HH]. The third-order valence-electron chi connectivity index (χ3n) is 7.30. The number of ether oxygens (including phenoxy) is 1. The number of rotatable bonds is 6. The van der Waals surface area contributed by atoms with E-state index in [-0.39, 0.29) is 31.8 Å². The summed E-state index contributed by atoms with van der Waals surface area (Å²) in [7, 11) is 1.65. The van der Waals surface area contributed by atoms with Crippen molar-refractivity contribution >= 4 is 40.1 Å². The molecule has 1 aliphatic heterocycles. The number of thiol groups is 1. The monoisotopic (exact) mass is 876 g/mol. The summed E-state index contributed by atoms with van der Waals surface area (Å²) in [6, 6.07) is 7.85. The number of nitrogens with zero attached hydrogens (tertiary/aromatic N) is 9. The molecule has 0 fully saturated rings. The zero-order valence-corrected chi connectivity index (χ0v) is 35.8. The van der Waals surface area contributed by atoms with Crippen LogP contribution in [0.1, 0.15) is 59.4 Å². The summed E-state index contributed by atoms with van der Waals surface area (Å²) in [5.74, 6) is 57.2. The van der Waals surface area contributed by atoms with Gasteiger partial charge in [-0.2, -0.15) is 9.61 Å². The van der Waals surface area contributed by atoms with E-state index in [2.05, 4.69) is 199 Å². The van der Waals surface area contributed by atoms with Gasteiger partial charge in [0.05, 0.1) is 29.3 Å². The fourth-order valence-corrected chi connectivity index (χ4v) is 6.59. The molecule has 1 aliphatic rings. The van der Waals surface area contributed by atoms with Crippen molar-refractivity contribution in [3.05, 3.63) is 62.3 Å². The number of terminal acetylenes is 1. The van der Waals surface area contributed by atoms with Gasteiger partial charge in [0.1, 0.15) is 16.9 Å². The van der Waals surface area contributed by atoms with Crippen LogP contribution in [0.25, 0.3) is 15.9 Å². The van der Waals surface area contributed by atoms with Gasteiger partial charge in [0.15, 0.2) is 5.65 Å². The minimum atomic E-state index is -0.264. The molecule has 5 rings (SSSR count). The highest BCUT2D eigenvalue weighted by molar-refractivity contribution is 7.74. The molecule has 0 saturated carbocycles. The number of benzene rings is 1. The summed E-state index contributed by atoms with van der Waals surface area (Å²) >= 11 is 4.80. The Balaban J connectivity index is -0.000000126. The molecule has 2 N–H and O–H groups in total. The molecule has 0 bridgehead atoms. The van der Waals surface area contributed by atoms with Gasteiger partial charge in [-0.05, 0) is 137 Å². The van der Waals surface area contributed by atoms with Crippen molar-refractivity contribution in [1.82, 2.24) is 24.1 Å². The van der Waals surface area contributed by atoms with E-state index in [1.54, 1.807) is 25.4 Å². The minimum Gasteiger partial charge on any atom is -0.497 e. The first-order chi connectivity index (χ1) is 30.1. The topological polar surface area (TPSA) is 163 Å². The molecule has 4 aromatic rings. The number of hydrogen-bond acceptors (Lipinski definition) is 10. The number of methoxy groups -OCH3 is 1. The van der Waals surface area contributed by atoms with Gasteiger partial charge in [0, 0.05) is 63.9 Å². The zero-order chi connectivity index (χ0) is 45.0. The van der Waals surface area contributed by atoms with Gasteiger partial charge in [0.2, 0.25) is 10.4 Å². The highest BCUT2D eigenvalue weighted by Crippen LogP contribution is 2.37. The third kappa shape index (κ3) is 16.3. The molecule has 0 amide bonds. The second-order valence-corrected chi connectivity index (χ2v) is 14.0. The van der Waals surface area contributed by atoms with Crippen molar-refractivity contribution in [1.29, 1.82) is 0 Å². The van der Waals surface area contributed by atoms with Gasteiger partial charge in [-0.1, -0.05) is 51.7 Å². The van der Waals surface area contributed by atoms with Crippen molar-refractivity contribution in [2.45, 2.75) is 47.2 Å². The second-order valence-electron chi connectivity index (χ2n) is 12.8. The normalized spacial score (nSPS) is 10.5. The van der Waals surface area contributed by atoms with Crippen LogP contribution in [-0.4, -0.2) is 49.3 Å². The van der Waals surface area contributed by atoms with Gasteiger partial charge in [0.25, 0.3) is 0 Å². The van der Waals surface area contributed by atoms with Crippen LogP contribution in [0.2, 0.25) is 0 Å². The van der Waals surface area contributed by atoms with Crippen LogP contribution in [0.15, 0.2) is 51.1 Å². The first kappa shape index (κ1) is 47.8. The van der Waals surface area contributed by atoms with Crippen LogP contribution in [0.4, 0.5) is 0 Å². The van der Waals surface area contributed by atoms with E-state index in [1.807, 2.05) is 28.8 Å². The van der Waals surface area contributed by atoms with Crippen molar-refractivity contribution in [3.8, 4) is 137 Å². The molecular formula is C46H56N10O4S2. The summed E-state index contributed by atoms with van der Waals surface area (Å²) in [5.41, 5.74) is 3.15. The first-order valence-corrected chi connectivity index (χ1v) is 18.9. The maximum atomic E-state index is 13.3. The molecule has 4 heterocycles. The number of nitrogens with two attached hydrogens (primary N) is 1. The fraction of sp³-hybridized carbons (Fsp3) is 0.239. The van der Waals surface area contributed by atoms with E-state index >= 15 is 0 Å². The molecule has 3 aromatic heterocycles.